The largest absolute Gasteiger partial charge is 0.417 e. The van der Waals surface area contributed by atoms with Crippen molar-refractivity contribution >= 4 is 8.32 Å². The minimum atomic E-state index is -1.57. The molecule has 1 atom stereocenters. The molecule has 0 bridgehead atoms. The third-order valence-corrected chi connectivity index (χ3v) is 7.89. The zero-order valence-electron chi connectivity index (χ0n) is 11.3. The molecule has 0 aliphatic heterocycles. The molecule has 0 aromatic heterocycles. The Kier molecular flexibility index (Phi) is 6.07. The molecule has 0 amide bonds. The highest BCUT2D eigenvalue weighted by atomic mass is 28.4. The van der Waals surface area contributed by atoms with E-state index in [4.69, 9.17) is 9.53 Å². The van der Waals surface area contributed by atoms with E-state index in [0.29, 0.717) is 17.6 Å². The van der Waals surface area contributed by atoms with Crippen LogP contribution in [0.1, 0.15) is 40.5 Å². The van der Waals surface area contributed by atoms with E-state index in [0.717, 1.165) is 19.4 Å². The van der Waals surface area contributed by atoms with Gasteiger partial charge in [0.2, 0.25) is 0 Å². The van der Waals surface area contributed by atoms with Crippen LogP contribution in [0, 0.1) is 5.92 Å². The van der Waals surface area contributed by atoms with Crippen LogP contribution in [0.3, 0.4) is 0 Å². The molecule has 92 valence electrons. The molecular weight excluding hydrogens is 204 g/mol. The van der Waals surface area contributed by atoms with Crippen molar-refractivity contribution in [3.05, 3.63) is 0 Å². The minimum Gasteiger partial charge on any atom is -0.417 e. The first-order chi connectivity index (χ1) is 6.70. The summed E-state index contributed by atoms with van der Waals surface area (Å²) in [5.41, 5.74) is 0. The van der Waals surface area contributed by atoms with Crippen LogP contribution in [-0.2, 0) is 4.43 Å². The molecule has 3 heteroatoms. The van der Waals surface area contributed by atoms with Gasteiger partial charge < -0.3 is 9.53 Å². The normalized spacial score (nSPS) is 15.4. The highest BCUT2D eigenvalue weighted by Crippen LogP contribution is 2.36. The lowest BCUT2D eigenvalue weighted by Crippen LogP contribution is -2.41. The van der Waals surface area contributed by atoms with Crippen LogP contribution in [0.25, 0.3) is 0 Å². The summed E-state index contributed by atoms with van der Waals surface area (Å²) in [5, 5.41) is 9.04. The summed E-state index contributed by atoms with van der Waals surface area (Å²) in [7, 11) is -1.57. The average molecular weight is 232 g/mol. The number of rotatable bonds is 6. The van der Waals surface area contributed by atoms with Gasteiger partial charge in [0.05, 0.1) is 0 Å². The van der Waals surface area contributed by atoms with Crippen LogP contribution in [0.15, 0.2) is 0 Å². The third kappa shape index (κ3) is 5.69. The maximum Gasteiger partial charge on any atom is 0.191 e. The van der Waals surface area contributed by atoms with Crippen LogP contribution in [0.5, 0.6) is 0 Å². The molecule has 2 nitrogen and oxygen atoms in total. The molecule has 0 saturated carbocycles. The van der Waals surface area contributed by atoms with Crippen molar-refractivity contribution in [2.45, 2.75) is 58.7 Å². The Balaban J connectivity index is 3.93. The SMILES string of the molecule is CC(CCCO)CO[Si](C)(C)C(C)(C)C. The predicted molar refractivity (Wildman–Crippen MR) is 68.6 cm³/mol. The van der Waals surface area contributed by atoms with Crippen LogP contribution in [0.2, 0.25) is 18.1 Å². The van der Waals surface area contributed by atoms with Gasteiger partial charge in [-0.25, -0.2) is 0 Å². The molecule has 15 heavy (non-hydrogen) atoms. The number of aliphatic hydroxyl groups excluding tert-OH is 1. The van der Waals surface area contributed by atoms with Crippen molar-refractivity contribution in [2.24, 2.45) is 5.92 Å². The molecule has 0 rings (SSSR count). The molecule has 1 N–H and O–H groups in total. The number of aliphatic hydroxyl groups is 1. The van der Waals surface area contributed by atoms with E-state index < -0.39 is 8.32 Å². The van der Waals surface area contributed by atoms with Gasteiger partial charge in [-0.2, -0.15) is 0 Å². The summed E-state index contributed by atoms with van der Waals surface area (Å²) in [4.78, 5) is 0. The second-order valence-electron chi connectivity index (χ2n) is 6.04. The first-order valence-electron chi connectivity index (χ1n) is 5.95. The Labute approximate surface area is 96.2 Å². The molecule has 0 aromatic rings. The summed E-state index contributed by atoms with van der Waals surface area (Å²) in [6.45, 7) is 14.7. The zero-order chi connectivity index (χ0) is 12.1. The van der Waals surface area contributed by atoms with E-state index in [1.165, 1.54) is 0 Å². The molecule has 0 heterocycles. The van der Waals surface area contributed by atoms with Crippen molar-refractivity contribution in [1.82, 2.24) is 0 Å². The van der Waals surface area contributed by atoms with Gasteiger partial charge in [0.25, 0.3) is 0 Å². The smallest absolute Gasteiger partial charge is 0.191 e. The van der Waals surface area contributed by atoms with Gasteiger partial charge in [-0.15, -0.1) is 0 Å². The van der Waals surface area contributed by atoms with E-state index in [1.807, 2.05) is 0 Å². The predicted octanol–water partition coefficient (Wildman–Crippen LogP) is 3.42. The van der Waals surface area contributed by atoms with Gasteiger partial charge in [-0.3, -0.25) is 0 Å². The molecule has 0 saturated heterocycles. The van der Waals surface area contributed by atoms with Gasteiger partial charge in [-0.1, -0.05) is 27.7 Å². The van der Waals surface area contributed by atoms with Gasteiger partial charge in [0.15, 0.2) is 8.32 Å². The summed E-state index contributed by atoms with van der Waals surface area (Å²) in [5.74, 6) is 0.561. The molecule has 0 aliphatic carbocycles. The molecule has 0 aliphatic rings. The van der Waals surface area contributed by atoms with Crippen molar-refractivity contribution in [3.8, 4) is 0 Å². The van der Waals surface area contributed by atoms with Crippen LogP contribution in [-0.4, -0.2) is 26.6 Å². The van der Waals surface area contributed by atoms with Gasteiger partial charge in [-0.05, 0) is 36.9 Å². The average Bonchev–Trinajstić information content (AvgIpc) is 2.09. The summed E-state index contributed by atoms with van der Waals surface area (Å²) < 4.78 is 6.11. The summed E-state index contributed by atoms with van der Waals surface area (Å²) >= 11 is 0. The number of hydrogen-bond acceptors (Lipinski definition) is 2. The highest BCUT2D eigenvalue weighted by Gasteiger charge is 2.37. The van der Waals surface area contributed by atoms with Gasteiger partial charge in [0, 0.05) is 13.2 Å². The van der Waals surface area contributed by atoms with Crippen LogP contribution < -0.4 is 0 Å². The fourth-order valence-electron chi connectivity index (χ4n) is 1.09. The molecule has 1 unspecified atom stereocenters. The topological polar surface area (TPSA) is 29.5 Å². The monoisotopic (exact) mass is 232 g/mol. The minimum absolute atomic E-state index is 0.295. The first-order valence-corrected chi connectivity index (χ1v) is 8.86. The van der Waals surface area contributed by atoms with Gasteiger partial charge >= 0.3 is 0 Å². The Hall–Kier alpha value is 0.137. The Morgan fingerprint density at radius 3 is 2.20 bits per heavy atom. The standard InChI is InChI=1S/C12H28O2Si/c1-11(8-7-9-13)10-14-15(5,6)12(2,3)4/h11,13H,7-10H2,1-6H3. The second kappa shape index (κ2) is 6.02. The molecule has 0 aromatic carbocycles. The van der Waals surface area contributed by atoms with E-state index in [-0.39, 0.29) is 0 Å². The summed E-state index contributed by atoms with van der Waals surface area (Å²) in [6.07, 6.45) is 1.95. The van der Waals surface area contributed by atoms with E-state index >= 15 is 0 Å². The molecule has 0 radical (unpaired) electrons. The second-order valence-corrected chi connectivity index (χ2v) is 10.9. The number of hydrogen-bond donors (Lipinski definition) is 1. The lowest BCUT2D eigenvalue weighted by molar-refractivity contribution is 0.213. The van der Waals surface area contributed by atoms with E-state index in [2.05, 4.69) is 40.8 Å². The first kappa shape index (κ1) is 15.1. The maximum atomic E-state index is 8.74. The highest BCUT2D eigenvalue weighted by molar-refractivity contribution is 6.74. The third-order valence-electron chi connectivity index (χ3n) is 3.39. The lowest BCUT2D eigenvalue weighted by Gasteiger charge is -2.37. The molecular formula is C12H28O2Si. The van der Waals surface area contributed by atoms with E-state index in [9.17, 15) is 0 Å². The van der Waals surface area contributed by atoms with Crippen LogP contribution in [0.4, 0.5) is 0 Å². The Morgan fingerprint density at radius 1 is 1.27 bits per heavy atom. The van der Waals surface area contributed by atoms with Crippen molar-refractivity contribution in [3.63, 3.8) is 0 Å². The van der Waals surface area contributed by atoms with Gasteiger partial charge in [0.1, 0.15) is 0 Å². The fourth-order valence-corrected chi connectivity index (χ4v) is 2.22. The summed E-state index contributed by atoms with van der Waals surface area (Å²) in [6, 6.07) is 0. The van der Waals surface area contributed by atoms with E-state index in [1.54, 1.807) is 0 Å². The maximum absolute atomic E-state index is 8.74. The van der Waals surface area contributed by atoms with Crippen LogP contribution >= 0.6 is 0 Å². The van der Waals surface area contributed by atoms with Crippen molar-refractivity contribution in [1.29, 1.82) is 0 Å². The molecule has 0 fully saturated rings. The fraction of sp³-hybridized carbons (Fsp3) is 1.00. The zero-order valence-corrected chi connectivity index (χ0v) is 12.3. The Morgan fingerprint density at radius 2 is 1.80 bits per heavy atom. The van der Waals surface area contributed by atoms with Crippen molar-refractivity contribution < 1.29 is 9.53 Å². The quantitative estimate of drug-likeness (QED) is 0.711. The Bertz CT molecular complexity index is 173. The van der Waals surface area contributed by atoms with Crippen molar-refractivity contribution in [2.75, 3.05) is 13.2 Å². The molecule has 0 spiro atoms. The lowest BCUT2D eigenvalue weighted by atomic mass is 10.1.